The molecule has 1 aliphatic heterocycles. The van der Waals surface area contributed by atoms with Crippen molar-refractivity contribution in [3.05, 3.63) is 54.2 Å². The number of nitrogens with one attached hydrogen (secondary N) is 1. The minimum atomic E-state index is -0.538. The Balaban J connectivity index is 1.39. The van der Waals surface area contributed by atoms with Gasteiger partial charge in [-0.1, -0.05) is 18.2 Å². The van der Waals surface area contributed by atoms with Crippen molar-refractivity contribution in [1.82, 2.24) is 4.57 Å². The highest BCUT2D eigenvalue weighted by Gasteiger charge is 2.17. The zero-order valence-corrected chi connectivity index (χ0v) is 14.7. The topological polar surface area (TPSA) is 78.8 Å². The van der Waals surface area contributed by atoms with E-state index < -0.39 is 11.9 Å². The lowest BCUT2D eigenvalue weighted by Crippen LogP contribution is -2.21. The Hall–Kier alpha value is -3.48. The lowest BCUT2D eigenvalue weighted by atomic mass is 10.2. The van der Waals surface area contributed by atoms with E-state index in [0.717, 1.165) is 10.9 Å². The molecule has 0 fully saturated rings. The van der Waals surface area contributed by atoms with Crippen LogP contribution in [0.2, 0.25) is 0 Å². The molecule has 0 saturated heterocycles. The van der Waals surface area contributed by atoms with Crippen LogP contribution in [0.4, 0.5) is 5.69 Å². The Morgan fingerprint density at radius 2 is 1.89 bits per heavy atom. The molecule has 0 atom stereocenters. The molecule has 7 heteroatoms. The lowest BCUT2D eigenvalue weighted by molar-refractivity contribution is -0.119. The molecular weight excluding hydrogens is 348 g/mol. The molecular formula is C20H18N2O5. The standard InChI is InChI=1S/C20H18N2O5/c1-22-11-15(14-4-2-3-5-16(14)22)20(24)27-12-19(23)21-13-6-7-17-18(10-13)26-9-8-25-17/h2-7,10-11H,8-9,12H2,1H3,(H,21,23). The summed E-state index contributed by atoms with van der Waals surface area (Å²) in [6.45, 7) is 0.590. The van der Waals surface area contributed by atoms with Crippen molar-refractivity contribution in [2.24, 2.45) is 7.05 Å². The smallest absolute Gasteiger partial charge is 0.340 e. The number of amides is 1. The molecule has 0 unspecified atom stereocenters. The maximum atomic E-state index is 12.4. The number of nitrogens with zero attached hydrogens (tertiary/aromatic N) is 1. The maximum absolute atomic E-state index is 12.4. The number of carbonyl (C=O) groups excluding carboxylic acids is 2. The molecule has 2 aromatic carbocycles. The van der Waals surface area contributed by atoms with Crippen LogP contribution in [-0.4, -0.2) is 36.3 Å². The SMILES string of the molecule is Cn1cc(C(=O)OCC(=O)Nc2ccc3c(c2)OCCO3)c2ccccc21. The van der Waals surface area contributed by atoms with E-state index in [1.807, 2.05) is 35.9 Å². The molecule has 1 amide bonds. The van der Waals surface area contributed by atoms with Crippen LogP contribution in [0, 0.1) is 0 Å². The van der Waals surface area contributed by atoms with Crippen molar-refractivity contribution in [1.29, 1.82) is 0 Å². The molecule has 0 aliphatic carbocycles. The van der Waals surface area contributed by atoms with Crippen LogP contribution in [-0.2, 0) is 16.6 Å². The van der Waals surface area contributed by atoms with E-state index in [0.29, 0.717) is 36.0 Å². The van der Waals surface area contributed by atoms with Crippen LogP contribution < -0.4 is 14.8 Å². The van der Waals surface area contributed by atoms with Gasteiger partial charge in [-0.15, -0.1) is 0 Å². The average molecular weight is 366 g/mol. The first-order valence-electron chi connectivity index (χ1n) is 8.52. The Kier molecular flexibility index (Phi) is 4.42. The van der Waals surface area contributed by atoms with Gasteiger partial charge < -0.3 is 24.1 Å². The van der Waals surface area contributed by atoms with Crippen molar-refractivity contribution in [2.45, 2.75) is 0 Å². The molecule has 0 saturated carbocycles. The van der Waals surface area contributed by atoms with Gasteiger partial charge >= 0.3 is 5.97 Å². The van der Waals surface area contributed by atoms with Gasteiger partial charge in [0.1, 0.15) is 13.2 Å². The average Bonchev–Trinajstić information content (AvgIpc) is 3.03. The predicted octanol–water partition coefficient (Wildman–Crippen LogP) is 2.75. The van der Waals surface area contributed by atoms with Crippen molar-refractivity contribution in [3.63, 3.8) is 0 Å². The van der Waals surface area contributed by atoms with Crippen molar-refractivity contribution in [3.8, 4) is 11.5 Å². The molecule has 0 spiro atoms. The first kappa shape index (κ1) is 17.0. The fourth-order valence-electron chi connectivity index (χ4n) is 3.03. The van der Waals surface area contributed by atoms with Crippen molar-refractivity contribution >= 4 is 28.5 Å². The molecule has 1 N–H and O–H groups in total. The number of benzene rings is 2. The van der Waals surface area contributed by atoms with Gasteiger partial charge in [-0.05, 0) is 18.2 Å². The summed E-state index contributed by atoms with van der Waals surface area (Å²) in [5.74, 6) is 0.248. The van der Waals surface area contributed by atoms with Crippen LogP contribution in [0.5, 0.6) is 11.5 Å². The van der Waals surface area contributed by atoms with Gasteiger partial charge in [-0.3, -0.25) is 4.79 Å². The second-order valence-corrected chi connectivity index (χ2v) is 6.15. The molecule has 1 aliphatic rings. The minimum absolute atomic E-state index is 0.378. The van der Waals surface area contributed by atoms with E-state index >= 15 is 0 Å². The Bertz CT molecular complexity index is 1020. The first-order valence-corrected chi connectivity index (χ1v) is 8.52. The van der Waals surface area contributed by atoms with Crippen LogP contribution >= 0.6 is 0 Å². The molecule has 1 aromatic heterocycles. The molecule has 0 radical (unpaired) electrons. The summed E-state index contributed by atoms with van der Waals surface area (Å²) >= 11 is 0. The fraction of sp³-hybridized carbons (Fsp3) is 0.200. The number of hydrogen-bond donors (Lipinski definition) is 1. The number of aryl methyl sites for hydroxylation is 1. The summed E-state index contributed by atoms with van der Waals surface area (Å²) in [7, 11) is 1.85. The second kappa shape index (κ2) is 7.03. The zero-order valence-electron chi connectivity index (χ0n) is 14.7. The molecule has 3 aromatic rings. The summed E-state index contributed by atoms with van der Waals surface area (Å²) < 4.78 is 17.9. The third kappa shape index (κ3) is 3.44. The summed E-state index contributed by atoms with van der Waals surface area (Å²) in [4.78, 5) is 24.5. The van der Waals surface area contributed by atoms with Crippen LogP contribution in [0.15, 0.2) is 48.7 Å². The number of para-hydroxylation sites is 1. The van der Waals surface area contributed by atoms with Gasteiger partial charge in [0, 0.05) is 35.9 Å². The Morgan fingerprint density at radius 3 is 2.74 bits per heavy atom. The van der Waals surface area contributed by atoms with E-state index in [4.69, 9.17) is 14.2 Å². The van der Waals surface area contributed by atoms with Gasteiger partial charge in [0.25, 0.3) is 5.91 Å². The fourth-order valence-corrected chi connectivity index (χ4v) is 3.03. The quantitative estimate of drug-likeness (QED) is 0.719. The van der Waals surface area contributed by atoms with Crippen molar-refractivity contribution < 1.29 is 23.8 Å². The Labute approximate surface area is 155 Å². The summed E-state index contributed by atoms with van der Waals surface area (Å²) in [5, 5.41) is 3.47. The molecule has 138 valence electrons. The summed E-state index contributed by atoms with van der Waals surface area (Å²) in [5.41, 5.74) is 1.90. The summed E-state index contributed by atoms with van der Waals surface area (Å²) in [6, 6.07) is 12.6. The predicted molar refractivity (Wildman–Crippen MR) is 99.3 cm³/mol. The highest BCUT2D eigenvalue weighted by atomic mass is 16.6. The third-order valence-corrected chi connectivity index (χ3v) is 4.28. The normalized spacial score (nSPS) is 12.6. The highest BCUT2D eigenvalue weighted by molar-refractivity contribution is 6.05. The number of hydrogen-bond acceptors (Lipinski definition) is 5. The molecule has 7 nitrogen and oxygen atoms in total. The van der Waals surface area contributed by atoms with E-state index in [2.05, 4.69) is 5.32 Å². The number of fused-ring (bicyclic) bond motifs is 2. The van der Waals surface area contributed by atoms with Crippen LogP contribution in [0.25, 0.3) is 10.9 Å². The molecule has 4 rings (SSSR count). The first-order chi connectivity index (χ1) is 13.1. The molecule has 27 heavy (non-hydrogen) atoms. The van der Waals surface area contributed by atoms with Crippen LogP contribution in [0.1, 0.15) is 10.4 Å². The van der Waals surface area contributed by atoms with Gasteiger partial charge in [0.15, 0.2) is 18.1 Å². The van der Waals surface area contributed by atoms with E-state index in [-0.39, 0.29) is 6.61 Å². The molecule has 2 heterocycles. The highest BCUT2D eigenvalue weighted by Crippen LogP contribution is 2.32. The van der Waals surface area contributed by atoms with Crippen molar-refractivity contribution in [2.75, 3.05) is 25.1 Å². The number of aromatic nitrogens is 1. The zero-order chi connectivity index (χ0) is 18.8. The largest absolute Gasteiger partial charge is 0.486 e. The minimum Gasteiger partial charge on any atom is -0.486 e. The van der Waals surface area contributed by atoms with Gasteiger partial charge in [-0.2, -0.15) is 0 Å². The van der Waals surface area contributed by atoms with E-state index in [1.165, 1.54) is 0 Å². The third-order valence-electron chi connectivity index (χ3n) is 4.28. The van der Waals surface area contributed by atoms with E-state index in [9.17, 15) is 9.59 Å². The maximum Gasteiger partial charge on any atom is 0.340 e. The Morgan fingerprint density at radius 1 is 1.11 bits per heavy atom. The number of esters is 1. The second-order valence-electron chi connectivity index (χ2n) is 6.15. The molecule has 0 bridgehead atoms. The monoisotopic (exact) mass is 366 g/mol. The van der Waals surface area contributed by atoms with Gasteiger partial charge in [0.2, 0.25) is 0 Å². The van der Waals surface area contributed by atoms with Crippen LogP contribution in [0.3, 0.4) is 0 Å². The summed E-state index contributed by atoms with van der Waals surface area (Å²) in [6.07, 6.45) is 1.70. The number of carbonyl (C=O) groups is 2. The number of rotatable bonds is 4. The number of anilines is 1. The van der Waals surface area contributed by atoms with Gasteiger partial charge in [0.05, 0.1) is 5.56 Å². The van der Waals surface area contributed by atoms with E-state index in [1.54, 1.807) is 24.4 Å². The number of ether oxygens (including phenoxy) is 3. The van der Waals surface area contributed by atoms with Gasteiger partial charge in [-0.25, -0.2) is 4.79 Å². The lowest BCUT2D eigenvalue weighted by Gasteiger charge is -2.19.